The molecule has 1 aliphatic carbocycles. The highest BCUT2D eigenvalue weighted by atomic mass is 16.5. The number of nitrogens with one attached hydrogen (secondary N) is 2. The second-order valence-electron chi connectivity index (χ2n) is 6.63. The van der Waals surface area contributed by atoms with Crippen LogP contribution in [-0.4, -0.2) is 28.4 Å². The van der Waals surface area contributed by atoms with Crippen molar-refractivity contribution in [2.45, 2.75) is 51.5 Å². The number of benzene rings is 1. The molecule has 0 aliphatic heterocycles. The standard InChI is InChI=1S/C19H26N4O2/c1-3-4-5-16(13-6-9-15(25-2)10-7-13)20-19(24)14-8-11-17-18(12-14)22-23-21-17/h6-7,9-10,14,16H,3-5,8,11-12H2,1-2H3,(H,20,24)(H,21,22,23)/t14-,16-/m1/s1. The van der Waals surface area contributed by atoms with E-state index in [4.69, 9.17) is 4.74 Å². The van der Waals surface area contributed by atoms with E-state index in [2.05, 4.69) is 27.7 Å². The number of methoxy groups -OCH3 is 1. The average molecular weight is 342 g/mol. The molecular formula is C19H26N4O2. The van der Waals surface area contributed by atoms with Crippen LogP contribution in [0.1, 0.15) is 55.6 Å². The van der Waals surface area contributed by atoms with Gasteiger partial charge in [0.25, 0.3) is 0 Å². The van der Waals surface area contributed by atoms with Crippen LogP contribution in [0.5, 0.6) is 5.75 Å². The molecule has 2 atom stereocenters. The Labute approximate surface area is 148 Å². The Morgan fingerprint density at radius 3 is 2.80 bits per heavy atom. The Morgan fingerprint density at radius 2 is 2.08 bits per heavy atom. The smallest absolute Gasteiger partial charge is 0.223 e. The summed E-state index contributed by atoms with van der Waals surface area (Å²) < 4.78 is 5.23. The third-order valence-corrected chi connectivity index (χ3v) is 4.92. The average Bonchev–Trinajstić information content (AvgIpc) is 3.12. The molecule has 0 unspecified atom stereocenters. The van der Waals surface area contributed by atoms with Gasteiger partial charge in [-0.1, -0.05) is 31.9 Å². The minimum absolute atomic E-state index is 0.0278. The topological polar surface area (TPSA) is 79.9 Å². The zero-order valence-electron chi connectivity index (χ0n) is 14.9. The number of hydrogen-bond donors (Lipinski definition) is 2. The SMILES string of the molecule is CCCC[C@@H](NC(=O)[C@@H]1CCc2n[nH]nc2C1)c1ccc(OC)cc1. The van der Waals surface area contributed by atoms with Gasteiger partial charge in [0.15, 0.2) is 0 Å². The minimum Gasteiger partial charge on any atom is -0.497 e. The van der Waals surface area contributed by atoms with E-state index in [9.17, 15) is 4.79 Å². The number of rotatable bonds is 7. The molecule has 1 aliphatic rings. The van der Waals surface area contributed by atoms with Crippen LogP contribution in [0.3, 0.4) is 0 Å². The fourth-order valence-corrected chi connectivity index (χ4v) is 3.36. The van der Waals surface area contributed by atoms with Gasteiger partial charge in [-0.15, -0.1) is 0 Å². The number of hydrogen-bond acceptors (Lipinski definition) is 4. The summed E-state index contributed by atoms with van der Waals surface area (Å²) in [5.41, 5.74) is 3.06. The molecule has 1 aromatic heterocycles. The first-order chi connectivity index (χ1) is 12.2. The quantitative estimate of drug-likeness (QED) is 0.811. The van der Waals surface area contributed by atoms with Crippen molar-refractivity contribution in [1.29, 1.82) is 0 Å². The highest BCUT2D eigenvalue weighted by Crippen LogP contribution is 2.26. The predicted octanol–water partition coefficient (Wildman–Crippen LogP) is 2.97. The molecule has 2 aromatic rings. The normalized spacial score (nSPS) is 17.6. The zero-order valence-corrected chi connectivity index (χ0v) is 14.9. The molecule has 134 valence electrons. The highest BCUT2D eigenvalue weighted by Gasteiger charge is 2.28. The monoisotopic (exact) mass is 342 g/mol. The lowest BCUT2D eigenvalue weighted by Crippen LogP contribution is -2.36. The second-order valence-corrected chi connectivity index (χ2v) is 6.63. The highest BCUT2D eigenvalue weighted by molar-refractivity contribution is 5.79. The van der Waals surface area contributed by atoms with Crippen molar-refractivity contribution in [3.63, 3.8) is 0 Å². The van der Waals surface area contributed by atoms with Crippen molar-refractivity contribution in [2.24, 2.45) is 5.92 Å². The van der Waals surface area contributed by atoms with Gasteiger partial charge >= 0.3 is 0 Å². The van der Waals surface area contributed by atoms with Gasteiger partial charge in [-0.2, -0.15) is 15.4 Å². The van der Waals surface area contributed by atoms with Crippen LogP contribution in [0.25, 0.3) is 0 Å². The van der Waals surface area contributed by atoms with Gasteiger partial charge in [0.1, 0.15) is 5.75 Å². The molecule has 0 saturated carbocycles. The van der Waals surface area contributed by atoms with Crippen LogP contribution in [0, 0.1) is 5.92 Å². The summed E-state index contributed by atoms with van der Waals surface area (Å²) in [6.45, 7) is 2.17. The van der Waals surface area contributed by atoms with E-state index in [1.165, 1.54) is 0 Å². The number of aromatic amines is 1. The lowest BCUT2D eigenvalue weighted by atomic mass is 9.88. The van der Waals surface area contributed by atoms with Crippen molar-refractivity contribution < 1.29 is 9.53 Å². The Bertz CT molecular complexity index is 696. The van der Waals surface area contributed by atoms with E-state index >= 15 is 0 Å². The summed E-state index contributed by atoms with van der Waals surface area (Å²) in [7, 11) is 1.66. The third-order valence-electron chi connectivity index (χ3n) is 4.92. The first-order valence-electron chi connectivity index (χ1n) is 9.04. The minimum atomic E-state index is -0.0278. The van der Waals surface area contributed by atoms with Gasteiger partial charge in [-0.25, -0.2) is 0 Å². The molecule has 0 spiro atoms. The number of carbonyl (C=O) groups excluding carboxylic acids is 1. The van der Waals surface area contributed by atoms with Crippen molar-refractivity contribution in [3.05, 3.63) is 41.2 Å². The van der Waals surface area contributed by atoms with Crippen LogP contribution in [0.15, 0.2) is 24.3 Å². The molecule has 25 heavy (non-hydrogen) atoms. The fourth-order valence-electron chi connectivity index (χ4n) is 3.36. The molecule has 6 nitrogen and oxygen atoms in total. The number of fused-ring (bicyclic) bond motifs is 1. The molecule has 0 radical (unpaired) electrons. The van der Waals surface area contributed by atoms with Crippen molar-refractivity contribution in [2.75, 3.05) is 7.11 Å². The Morgan fingerprint density at radius 1 is 1.32 bits per heavy atom. The number of aromatic nitrogens is 3. The van der Waals surface area contributed by atoms with E-state index in [1.807, 2.05) is 24.3 Å². The summed E-state index contributed by atoms with van der Waals surface area (Å²) in [6, 6.07) is 8.01. The van der Waals surface area contributed by atoms with Crippen LogP contribution < -0.4 is 10.1 Å². The van der Waals surface area contributed by atoms with E-state index in [-0.39, 0.29) is 17.9 Å². The second kappa shape index (κ2) is 8.14. The van der Waals surface area contributed by atoms with Gasteiger partial charge in [-0.3, -0.25) is 4.79 Å². The van der Waals surface area contributed by atoms with Crippen molar-refractivity contribution >= 4 is 5.91 Å². The van der Waals surface area contributed by atoms with Crippen LogP contribution >= 0.6 is 0 Å². The molecule has 0 saturated heterocycles. The summed E-state index contributed by atoms with van der Waals surface area (Å²) in [5, 5.41) is 14.2. The van der Waals surface area contributed by atoms with Gasteiger partial charge < -0.3 is 10.1 Å². The lowest BCUT2D eigenvalue weighted by Gasteiger charge is -2.25. The predicted molar refractivity (Wildman–Crippen MR) is 95.3 cm³/mol. The number of H-pyrrole nitrogens is 1. The molecule has 6 heteroatoms. The summed E-state index contributed by atoms with van der Waals surface area (Å²) in [6.07, 6.45) is 5.43. The number of nitrogens with zero attached hydrogens (tertiary/aromatic N) is 2. The number of amides is 1. The van der Waals surface area contributed by atoms with E-state index in [0.29, 0.717) is 6.42 Å². The fraction of sp³-hybridized carbons (Fsp3) is 0.526. The maximum Gasteiger partial charge on any atom is 0.223 e. The van der Waals surface area contributed by atoms with Gasteiger partial charge in [0, 0.05) is 12.3 Å². The lowest BCUT2D eigenvalue weighted by molar-refractivity contribution is -0.126. The molecule has 1 amide bonds. The summed E-state index contributed by atoms with van der Waals surface area (Å²) in [5.74, 6) is 0.917. The van der Waals surface area contributed by atoms with Gasteiger partial charge in [0.2, 0.25) is 5.91 Å². The Kier molecular flexibility index (Phi) is 5.68. The Hall–Kier alpha value is -2.37. The molecule has 0 fully saturated rings. The van der Waals surface area contributed by atoms with Crippen molar-refractivity contribution in [3.8, 4) is 5.75 Å². The number of unbranched alkanes of at least 4 members (excludes halogenated alkanes) is 1. The molecular weight excluding hydrogens is 316 g/mol. The van der Waals surface area contributed by atoms with Gasteiger partial charge in [-0.05, 0) is 37.0 Å². The van der Waals surface area contributed by atoms with Crippen LogP contribution in [0.4, 0.5) is 0 Å². The van der Waals surface area contributed by atoms with Crippen LogP contribution in [-0.2, 0) is 17.6 Å². The van der Waals surface area contributed by atoms with E-state index in [0.717, 1.165) is 54.8 Å². The first-order valence-corrected chi connectivity index (χ1v) is 9.04. The number of carbonyl (C=O) groups is 1. The molecule has 1 heterocycles. The maximum absolute atomic E-state index is 12.8. The molecule has 2 N–H and O–H groups in total. The van der Waals surface area contributed by atoms with Crippen molar-refractivity contribution in [1.82, 2.24) is 20.7 Å². The number of ether oxygens (including phenoxy) is 1. The van der Waals surface area contributed by atoms with E-state index in [1.54, 1.807) is 7.11 Å². The molecule has 3 rings (SSSR count). The van der Waals surface area contributed by atoms with E-state index < -0.39 is 0 Å². The summed E-state index contributed by atoms with van der Waals surface area (Å²) in [4.78, 5) is 12.8. The first kappa shape index (κ1) is 17.5. The number of aryl methyl sites for hydroxylation is 1. The maximum atomic E-state index is 12.8. The zero-order chi connectivity index (χ0) is 17.6. The molecule has 0 bridgehead atoms. The van der Waals surface area contributed by atoms with Gasteiger partial charge in [0.05, 0.1) is 24.5 Å². The summed E-state index contributed by atoms with van der Waals surface area (Å²) >= 11 is 0. The Balaban J connectivity index is 1.68. The largest absolute Gasteiger partial charge is 0.497 e. The van der Waals surface area contributed by atoms with Crippen LogP contribution in [0.2, 0.25) is 0 Å². The molecule has 1 aromatic carbocycles. The third kappa shape index (κ3) is 4.18.